The first-order valence-electron chi connectivity index (χ1n) is 7.98. The van der Waals surface area contributed by atoms with E-state index in [0.717, 1.165) is 24.5 Å². The van der Waals surface area contributed by atoms with Crippen LogP contribution in [0.4, 0.5) is 0 Å². The van der Waals surface area contributed by atoms with E-state index in [-0.39, 0.29) is 0 Å². The standard InChI is InChI=1S/C18H27NO3/c1-11-15-12-9-14(20-4)17(22-6)16(21-5)13(12)10-18(11,2)7-8-19(15)3/h9,11,15H,7-8,10H2,1-6H3/t11-,15-,18-/m0/s1. The van der Waals surface area contributed by atoms with Crippen molar-refractivity contribution in [1.29, 1.82) is 0 Å². The molecule has 1 aromatic rings. The molecule has 122 valence electrons. The first-order valence-corrected chi connectivity index (χ1v) is 7.98. The van der Waals surface area contributed by atoms with Crippen molar-refractivity contribution in [2.75, 3.05) is 34.9 Å². The second-order valence-corrected chi connectivity index (χ2v) is 7.01. The van der Waals surface area contributed by atoms with Crippen molar-refractivity contribution in [3.05, 3.63) is 17.2 Å². The van der Waals surface area contributed by atoms with E-state index >= 15 is 0 Å². The molecule has 4 heteroatoms. The molecule has 1 fully saturated rings. The van der Waals surface area contributed by atoms with Gasteiger partial charge in [0.25, 0.3) is 0 Å². The smallest absolute Gasteiger partial charge is 0.203 e. The fourth-order valence-electron chi connectivity index (χ4n) is 4.40. The van der Waals surface area contributed by atoms with Crippen LogP contribution in [0.2, 0.25) is 0 Å². The number of hydrogen-bond donors (Lipinski definition) is 0. The third-order valence-electron chi connectivity index (χ3n) is 5.95. The Morgan fingerprint density at radius 3 is 2.41 bits per heavy atom. The van der Waals surface area contributed by atoms with Crippen LogP contribution in [0, 0.1) is 11.3 Å². The molecular formula is C18H27NO3. The number of benzene rings is 1. The SMILES string of the molecule is COc1cc2c(c(OC)c1OC)C[C@]1(C)CCN(C)[C@H]2[C@@H]1C. The molecule has 4 nitrogen and oxygen atoms in total. The van der Waals surface area contributed by atoms with Crippen molar-refractivity contribution in [3.63, 3.8) is 0 Å². The number of hydrogen-bond acceptors (Lipinski definition) is 4. The Hall–Kier alpha value is -1.42. The monoisotopic (exact) mass is 305 g/mol. The predicted molar refractivity (Wildman–Crippen MR) is 87.1 cm³/mol. The number of piperidine rings is 1. The molecule has 0 unspecified atom stereocenters. The molecule has 1 aliphatic carbocycles. The maximum Gasteiger partial charge on any atom is 0.203 e. The Balaban J connectivity index is 2.26. The van der Waals surface area contributed by atoms with Gasteiger partial charge in [0, 0.05) is 11.6 Å². The summed E-state index contributed by atoms with van der Waals surface area (Å²) in [5.41, 5.74) is 2.94. The first kappa shape index (κ1) is 15.5. The fourth-order valence-corrected chi connectivity index (χ4v) is 4.40. The van der Waals surface area contributed by atoms with Gasteiger partial charge >= 0.3 is 0 Å². The minimum atomic E-state index is 0.317. The van der Waals surface area contributed by atoms with E-state index in [9.17, 15) is 0 Å². The molecule has 0 radical (unpaired) electrons. The van der Waals surface area contributed by atoms with E-state index in [2.05, 4.69) is 31.9 Å². The van der Waals surface area contributed by atoms with Crippen molar-refractivity contribution in [1.82, 2.24) is 4.90 Å². The van der Waals surface area contributed by atoms with E-state index in [1.54, 1.807) is 21.3 Å². The molecule has 0 amide bonds. The Labute approximate surface area is 133 Å². The van der Waals surface area contributed by atoms with Gasteiger partial charge in [0.1, 0.15) is 0 Å². The summed E-state index contributed by atoms with van der Waals surface area (Å²) in [5, 5.41) is 0. The van der Waals surface area contributed by atoms with Crippen LogP contribution in [0.1, 0.15) is 37.4 Å². The fraction of sp³-hybridized carbons (Fsp3) is 0.667. The highest BCUT2D eigenvalue weighted by Crippen LogP contribution is 2.57. The molecule has 3 rings (SSSR count). The molecule has 1 saturated heterocycles. The minimum Gasteiger partial charge on any atom is -0.493 e. The summed E-state index contributed by atoms with van der Waals surface area (Å²) in [6.45, 7) is 5.94. The zero-order valence-corrected chi connectivity index (χ0v) is 14.5. The molecule has 1 heterocycles. The van der Waals surface area contributed by atoms with E-state index in [1.807, 2.05) is 0 Å². The van der Waals surface area contributed by atoms with Gasteiger partial charge in [-0.15, -0.1) is 0 Å². The van der Waals surface area contributed by atoms with Gasteiger partial charge in [-0.05, 0) is 49.4 Å². The lowest BCUT2D eigenvalue weighted by atomic mass is 9.59. The number of likely N-dealkylation sites (tertiary alicyclic amines) is 1. The normalized spacial score (nSPS) is 30.6. The third kappa shape index (κ3) is 2.00. The van der Waals surface area contributed by atoms with Crippen LogP contribution in [-0.4, -0.2) is 39.8 Å². The number of ether oxygens (including phenoxy) is 3. The number of methoxy groups -OCH3 is 3. The largest absolute Gasteiger partial charge is 0.493 e. The van der Waals surface area contributed by atoms with Gasteiger partial charge in [0.15, 0.2) is 11.5 Å². The minimum absolute atomic E-state index is 0.317. The molecule has 1 aromatic carbocycles. The van der Waals surface area contributed by atoms with Crippen LogP contribution < -0.4 is 14.2 Å². The summed E-state index contributed by atoms with van der Waals surface area (Å²) in [5.74, 6) is 2.92. The molecule has 3 atom stereocenters. The van der Waals surface area contributed by atoms with Gasteiger partial charge in [-0.25, -0.2) is 0 Å². The molecule has 0 spiro atoms. The zero-order valence-electron chi connectivity index (χ0n) is 14.5. The van der Waals surface area contributed by atoms with E-state index in [1.165, 1.54) is 17.5 Å². The predicted octanol–water partition coefficient (Wildman–Crippen LogP) is 3.29. The first-order chi connectivity index (χ1) is 10.5. The quantitative estimate of drug-likeness (QED) is 0.857. The van der Waals surface area contributed by atoms with Crippen molar-refractivity contribution in [2.24, 2.45) is 11.3 Å². The number of nitrogens with zero attached hydrogens (tertiary/aromatic N) is 1. The second kappa shape index (κ2) is 5.34. The van der Waals surface area contributed by atoms with Crippen LogP contribution in [0.3, 0.4) is 0 Å². The van der Waals surface area contributed by atoms with Crippen LogP contribution in [0.5, 0.6) is 17.2 Å². The Bertz CT molecular complexity index is 586. The summed E-state index contributed by atoms with van der Waals surface area (Å²) in [6, 6.07) is 2.57. The Morgan fingerprint density at radius 2 is 1.82 bits per heavy atom. The van der Waals surface area contributed by atoms with Crippen LogP contribution in [0.15, 0.2) is 6.07 Å². The summed E-state index contributed by atoms with van der Waals surface area (Å²) in [6.07, 6.45) is 2.26. The molecule has 2 bridgehead atoms. The molecule has 1 aliphatic heterocycles. The highest BCUT2D eigenvalue weighted by atomic mass is 16.5. The van der Waals surface area contributed by atoms with Crippen molar-refractivity contribution >= 4 is 0 Å². The third-order valence-corrected chi connectivity index (χ3v) is 5.95. The average Bonchev–Trinajstić information content (AvgIpc) is 2.51. The van der Waals surface area contributed by atoms with Crippen molar-refractivity contribution in [2.45, 2.75) is 32.7 Å². The van der Waals surface area contributed by atoms with Gasteiger partial charge < -0.3 is 14.2 Å². The van der Waals surface area contributed by atoms with Gasteiger partial charge in [0.2, 0.25) is 5.75 Å². The molecule has 2 aliphatic rings. The van der Waals surface area contributed by atoms with Crippen molar-refractivity contribution in [3.8, 4) is 17.2 Å². The van der Waals surface area contributed by atoms with Crippen molar-refractivity contribution < 1.29 is 14.2 Å². The lowest BCUT2D eigenvalue weighted by Crippen LogP contribution is -2.49. The highest BCUT2D eigenvalue weighted by Gasteiger charge is 2.48. The van der Waals surface area contributed by atoms with Gasteiger partial charge in [-0.2, -0.15) is 0 Å². The lowest BCUT2D eigenvalue weighted by Gasteiger charge is -2.53. The van der Waals surface area contributed by atoms with Gasteiger partial charge in [-0.1, -0.05) is 13.8 Å². The summed E-state index contributed by atoms with van der Waals surface area (Å²) >= 11 is 0. The van der Waals surface area contributed by atoms with E-state index in [0.29, 0.717) is 23.1 Å². The topological polar surface area (TPSA) is 30.9 Å². The number of fused-ring (bicyclic) bond motifs is 4. The molecule has 0 aromatic heterocycles. The Morgan fingerprint density at radius 1 is 1.14 bits per heavy atom. The molecule has 22 heavy (non-hydrogen) atoms. The van der Waals surface area contributed by atoms with Gasteiger partial charge in [0.05, 0.1) is 21.3 Å². The molecular weight excluding hydrogens is 278 g/mol. The van der Waals surface area contributed by atoms with Gasteiger partial charge in [-0.3, -0.25) is 4.90 Å². The second-order valence-electron chi connectivity index (χ2n) is 7.01. The maximum atomic E-state index is 5.73. The van der Waals surface area contributed by atoms with E-state index < -0.39 is 0 Å². The van der Waals surface area contributed by atoms with Crippen LogP contribution in [0.25, 0.3) is 0 Å². The lowest BCUT2D eigenvalue weighted by molar-refractivity contribution is 0.0000810. The Kier molecular flexibility index (Phi) is 3.76. The zero-order chi connectivity index (χ0) is 16.1. The summed E-state index contributed by atoms with van der Waals surface area (Å²) < 4.78 is 16.9. The van der Waals surface area contributed by atoms with Crippen LogP contribution in [-0.2, 0) is 6.42 Å². The molecule has 0 N–H and O–H groups in total. The highest BCUT2D eigenvalue weighted by molar-refractivity contribution is 5.61. The molecule has 0 saturated carbocycles. The summed E-state index contributed by atoms with van der Waals surface area (Å²) in [4.78, 5) is 2.47. The van der Waals surface area contributed by atoms with Crippen LogP contribution >= 0.6 is 0 Å². The maximum absolute atomic E-state index is 5.73. The summed E-state index contributed by atoms with van der Waals surface area (Å²) in [7, 11) is 7.30. The average molecular weight is 305 g/mol. The van der Waals surface area contributed by atoms with E-state index in [4.69, 9.17) is 14.2 Å². The number of rotatable bonds is 3.